The summed E-state index contributed by atoms with van der Waals surface area (Å²) in [5.41, 5.74) is 8.25. The van der Waals surface area contributed by atoms with Crippen molar-refractivity contribution in [1.82, 2.24) is 25.6 Å². The average molecular weight is 449 g/mol. The minimum absolute atomic E-state index is 0.00675. The first kappa shape index (κ1) is 21.5. The van der Waals surface area contributed by atoms with E-state index in [1.165, 1.54) is 0 Å². The molecule has 172 valence electrons. The number of para-hydroxylation sites is 1. The Morgan fingerprint density at radius 2 is 1.55 bits per heavy atom. The lowest BCUT2D eigenvalue weighted by Crippen LogP contribution is -2.55. The molecular formula is C24H28N6O3. The van der Waals surface area contributed by atoms with Crippen LogP contribution in [-0.2, 0) is 14.4 Å². The van der Waals surface area contributed by atoms with Gasteiger partial charge < -0.3 is 14.7 Å². The van der Waals surface area contributed by atoms with Gasteiger partial charge in [0.15, 0.2) is 0 Å². The standard InChI is InChI=1S/C24H28N6O3/c31-22-14-18(16-30(22)19-4-2-1-3-5-19)23(32)28-10-12-29(13-11-28)24(33)21-15-20(26-27-21)17-6-8-25-9-7-17/h1-9,18,20-21,26-27H,10-16H2. The summed E-state index contributed by atoms with van der Waals surface area (Å²) >= 11 is 0. The molecule has 5 rings (SSSR count). The minimum Gasteiger partial charge on any atom is -0.339 e. The number of hydrogen-bond donors (Lipinski definition) is 2. The number of rotatable bonds is 4. The molecule has 0 spiro atoms. The van der Waals surface area contributed by atoms with E-state index in [1.807, 2.05) is 47.4 Å². The Balaban J connectivity index is 1.13. The predicted molar refractivity (Wildman–Crippen MR) is 122 cm³/mol. The van der Waals surface area contributed by atoms with Crippen LogP contribution in [0.1, 0.15) is 24.4 Å². The molecule has 3 aliphatic heterocycles. The molecule has 0 aliphatic carbocycles. The van der Waals surface area contributed by atoms with Crippen LogP contribution >= 0.6 is 0 Å². The van der Waals surface area contributed by atoms with Gasteiger partial charge in [0.05, 0.1) is 5.92 Å². The highest BCUT2D eigenvalue weighted by Gasteiger charge is 2.39. The number of hydrazine groups is 1. The van der Waals surface area contributed by atoms with Gasteiger partial charge in [-0.25, -0.2) is 10.9 Å². The van der Waals surface area contributed by atoms with Gasteiger partial charge in [0.25, 0.3) is 0 Å². The van der Waals surface area contributed by atoms with Gasteiger partial charge in [-0.2, -0.15) is 0 Å². The maximum atomic E-state index is 13.1. The highest BCUT2D eigenvalue weighted by atomic mass is 16.2. The number of hydrogen-bond acceptors (Lipinski definition) is 6. The van der Waals surface area contributed by atoms with Crippen molar-refractivity contribution in [3.8, 4) is 0 Å². The quantitative estimate of drug-likeness (QED) is 0.715. The molecular weight excluding hydrogens is 420 g/mol. The van der Waals surface area contributed by atoms with Crippen molar-refractivity contribution in [3.63, 3.8) is 0 Å². The fourth-order valence-corrected chi connectivity index (χ4v) is 4.89. The molecule has 2 N–H and O–H groups in total. The third kappa shape index (κ3) is 4.46. The lowest BCUT2D eigenvalue weighted by molar-refractivity contribution is -0.142. The number of aromatic nitrogens is 1. The molecule has 3 unspecified atom stereocenters. The summed E-state index contributed by atoms with van der Waals surface area (Å²) in [4.78, 5) is 47.9. The summed E-state index contributed by atoms with van der Waals surface area (Å²) < 4.78 is 0. The normalized spacial score (nSPS) is 25.5. The summed E-state index contributed by atoms with van der Waals surface area (Å²) in [6.45, 7) is 2.41. The topological polar surface area (TPSA) is 97.9 Å². The van der Waals surface area contributed by atoms with Crippen LogP contribution in [0.15, 0.2) is 54.9 Å². The second-order valence-electron chi connectivity index (χ2n) is 8.80. The van der Waals surface area contributed by atoms with E-state index in [0.717, 1.165) is 11.3 Å². The zero-order valence-corrected chi connectivity index (χ0v) is 18.4. The molecule has 1 aromatic carbocycles. The Hall–Kier alpha value is -3.30. The Bertz CT molecular complexity index is 1010. The van der Waals surface area contributed by atoms with Gasteiger partial charge in [0.1, 0.15) is 6.04 Å². The summed E-state index contributed by atoms with van der Waals surface area (Å²) in [5, 5.41) is 0. The molecule has 9 heteroatoms. The fraction of sp³-hybridized carbons (Fsp3) is 0.417. The fourth-order valence-electron chi connectivity index (χ4n) is 4.89. The Labute approximate surface area is 192 Å². The van der Waals surface area contributed by atoms with E-state index in [1.54, 1.807) is 22.2 Å². The van der Waals surface area contributed by atoms with E-state index >= 15 is 0 Å². The van der Waals surface area contributed by atoms with Crippen molar-refractivity contribution in [2.24, 2.45) is 5.92 Å². The molecule has 0 bridgehead atoms. The first-order valence-corrected chi connectivity index (χ1v) is 11.4. The summed E-state index contributed by atoms with van der Waals surface area (Å²) in [5.74, 6) is -0.288. The number of nitrogens with zero attached hydrogens (tertiary/aromatic N) is 4. The molecule has 3 aliphatic rings. The molecule has 0 radical (unpaired) electrons. The summed E-state index contributed by atoms with van der Waals surface area (Å²) in [6.07, 6.45) is 4.40. The maximum Gasteiger partial charge on any atom is 0.241 e. The molecule has 3 atom stereocenters. The lowest BCUT2D eigenvalue weighted by atomic mass is 10.0. The number of pyridine rings is 1. The molecule has 0 saturated carbocycles. The third-order valence-electron chi connectivity index (χ3n) is 6.75. The molecule has 9 nitrogen and oxygen atoms in total. The average Bonchev–Trinajstić information content (AvgIpc) is 3.52. The van der Waals surface area contributed by atoms with Gasteiger partial charge in [0, 0.05) is 63.3 Å². The second-order valence-corrected chi connectivity index (χ2v) is 8.80. The SMILES string of the molecule is O=C(C1CC(=O)N(c2ccccc2)C1)N1CCN(C(=O)C2CC(c3ccncc3)NN2)CC1. The molecule has 3 saturated heterocycles. The number of carbonyl (C=O) groups is 3. The van der Waals surface area contributed by atoms with Crippen LogP contribution in [-0.4, -0.2) is 71.3 Å². The van der Waals surface area contributed by atoms with E-state index in [2.05, 4.69) is 15.8 Å². The highest BCUT2D eigenvalue weighted by Crippen LogP contribution is 2.27. The van der Waals surface area contributed by atoms with E-state index in [9.17, 15) is 14.4 Å². The second kappa shape index (κ2) is 9.29. The highest BCUT2D eigenvalue weighted by molar-refractivity contribution is 6.00. The summed E-state index contributed by atoms with van der Waals surface area (Å²) in [6, 6.07) is 13.1. The van der Waals surface area contributed by atoms with Crippen molar-refractivity contribution >= 4 is 23.4 Å². The van der Waals surface area contributed by atoms with Crippen LogP contribution in [0.3, 0.4) is 0 Å². The van der Waals surface area contributed by atoms with E-state index < -0.39 is 0 Å². The Morgan fingerprint density at radius 1 is 0.879 bits per heavy atom. The van der Waals surface area contributed by atoms with Gasteiger partial charge in [-0.15, -0.1) is 0 Å². The van der Waals surface area contributed by atoms with Crippen LogP contribution in [0, 0.1) is 5.92 Å². The first-order chi connectivity index (χ1) is 16.1. The van der Waals surface area contributed by atoms with Crippen molar-refractivity contribution < 1.29 is 14.4 Å². The zero-order valence-electron chi connectivity index (χ0n) is 18.4. The lowest BCUT2D eigenvalue weighted by Gasteiger charge is -2.36. The minimum atomic E-state index is -0.332. The number of piperazine rings is 1. The van der Waals surface area contributed by atoms with Crippen molar-refractivity contribution in [3.05, 3.63) is 60.4 Å². The smallest absolute Gasteiger partial charge is 0.241 e. The van der Waals surface area contributed by atoms with E-state index in [4.69, 9.17) is 0 Å². The predicted octanol–water partition coefficient (Wildman–Crippen LogP) is 0.713. The molecule has 3 fully saturated rings. The number of anilines is 1. The van der Waals surface area contributed by atoms with Gasteiger partial charge in [-0.1, -0.05) is 18.2 Å². The van der Waals surface area contributed by atoms with Gasteiger partial charge in [-0.05, 0) is 36.2 Å². The van der Waals surface area contributed by atoms with Crippen LogP contribution in [0.25, 0.3) is 0 Å². The molecule has 3 amide bonds. The maximum absolute atomic E-state index is 13.1. The van der Waals surface area contributed by atoms with Gasteiger partial charge in [-0.3, -0.25) is 19.4 Å². The molecule has 4 heterocycles. The van der Waals surface area contributed by atoms with Crippen LogP contribution in [0.5, 0.6) is 0 Å². The van der Waals surface area contributed by atoms with Gasteiger partial charge >= 0.3 is 0 Å². The van der Waals surface area contributed by atoms with E-state index in [-0.39, 0.29) is 42.1 Å². The van der Waals surface area contributed by atoms with Crippen LogP contribution in [0.4, 0.5) is 5.69 Å². The zero-order chi connectivity index (χ0) is 22.8. The van der Waals surface area contributed by atoms with Crippen molar-refractivity contribution in [2.45, 2.75) is 24.9 Å². The Kier molecular flexibility index (Phi) is 6.06. The summed E-state index contributed by atoms with van der Waals surface area (Å²) in [7, 11) is 0. The van der Waals surface area contributed by atoms with Crippen molar-refractivity contribution in [1.29, 1.82) is 0 Å². The molecule has 1 aromatic heterocycles. The first-order valence-electron chi connectivity index (χ1n) is 11.4. The van der Waals surface area contributed by atoms with Crippen LogP contribution < -0.4 is 15.8 Å². The number of benzene rings is 1. The van der Waals surface area contributed by atoms with E-state index in [0.29, 0.717) is 39.1 Å². The van der Waals surface area contributed by atoms with Gasteiger partial charge in [0.2, 0.25) is 17.7 Å². The molecule has 2 aromatic rings. The number of carbonyl (C=O) groups excluding carboxylic acids is 3. The Morgan fingerprint density at radius 3 is 2.24 bits per heavy atom. The number of amides is 3. The van der Waals surface area contributed by atoms with Crippen LogP contribution in [0.2, 0.25) is 0 Å². The van der Waals surface area contributed by atoms with Crippen molar-refractivity contribution in [2.75, 3.05) is 37.6 Å². The monoisotopic (exact) mass is 448 g/mol. The largest absolute Gasteiger partial charge is 0.339 e. The molecule has 33 heavy (non-hydrogen) atoms. The number of nitrogens with one attached hydrogen (secondary N) is 2. The third-order valence-corrected chi connectivity index (χ3v) is 6.75.